The molecule has 0 amide bonds. The Morgan fingerprint density at radius 2 is 0.795 bits per heavy atom. The summed E-state index contributed by atoms with van der Waals surface area (Å²) in [4.78, 5) is 22.5. The molecule has 3 aliphatic rings. The molecule has 0 fully saturated rings. The van der Waals surface area contributed by atoms with Gasteiger partial charge in [-0.2, -0.15) is 0 Å². The summed E-state index contributed by atoms with van der Waals surface area (Å²) in [7, 11) is 0. The quantitative estimate of drug-likeness (QED) is 0.178. The van der Waals surface area contributed by atoms with Gasteiger partial charge in [-0.25, -0.2) is 9.97 Å². The van der Waals surface area contributed by atoms with E-state index in [2.05, 4.69) is 217 Å². The summed E-state index contributed by atoms with van der Waals surface area (Å²) in [5, 5.41) is 13.9. The molecule has 0 saturated carbocycles. The molecule has 1 N–H and O–H groups in total. The summed E-state index contributed by atoms with van der Waals surface area (Å²) >= 11 is 0. The van der Waals surface area contributed by atoms with Crippen molar-refractivity contribution in [1.29, 1.82) is 0 Å². The number of nitrogens with zero attached hydrogens (tertiary/aromatic N) is 4. The Bertz CT molecular complexity index is 3690. The zero-order valence-electron chi connectivity index (χ0n) is 44.1. The van der Waals surface area contributed by atoms with Crippen molar-refractivity contribution in [3.63, 3.8) is 0 Å². The van der Waals surface area contributed by atoms with Crippen LogP contribution >= 0.6 is 0 Å². The van der Waals surface area contributed by atoms with Gasteiger partial charge in [0, 0.05) is 11.1 Å². The van der Waals surface area contributed by atoms with E-state index in [1.54, 1.807) is 0 Å². The number of aromatic nitrogens is 4. The maximum atomic E-state index is 13.9. The topological polar surface area (TPSA) is 74.2 Å². The predicted molar refractivity (Wildman–Crippen MR) is 302 cm³/mol. The van der Waals surface area contributed by atoms with Crippen LogP contribution in [0.4, 0.5) is 0 Å². The standard InChI is InChI=1S/C67H64N4O.Ni/c1-63(2,3)43-24-18-40(19-25-43)58-51-32-33-52(68-51)59(41-20-26-44(27-21-41)64(4,5)6)54-36-37-56(70-54)61-48-31-30-47(66(10,11)12)38-49(48)67(72,46-16-14-13-15-17-46)50-39-57(71-62(50)61)60(55-35-34-53(58)69-55)42-22-28-45(29-23-42)65(7,8)9;/h13-39,72H,1-12H3;/q-2;+2. The summed E-state index contributed by atoms with van der Waals surface area (Å²) in [5.41, 5.74) is 19.1. The van der Waals surface area contributed by atoms with Crippen LogP contribution in [-0.4, -0.2) is 15.1 Å². The van der Waals surface area contributed by atoms with Crippen molar-refractivity contribution in [3.05, 3.63) is 202 Å². The summed E-state index contributed by atoms with van der Waals surface area (Å²) in [5.74, 6) is 0. The van der Waals surface area contributed by atoms with Crippen LogP contribution in [0.1, 0.15) is 139 Å². The van der Waals surface area contributed by atoms with Gasteiger partial charge >= 0.3 is 16.5 Å². The normalized spacial score (nSPS) is 15.4. The van der Waals surface area contributed by atoms with E-state index in [-0.39, 0.29) is 38.2 Å². The monoisotopic (exact) mass is 998 g/mol. The van der Waals surface area contributed by atoms with E-state index in [9.17, 15) is 5.11 Å². The number of fused-ring (bicyclic) bond motifs is 10. The molecule has 1 atom stereocenters. The number of benzene rings is 5. The first-order valence-electron chi connectivity index (χ1n) is 25.4. The molecule has 1 aliphatic carbocycles. The van der Waals surface area contributed by atoms with Crippen molar-refractivity contribution >= 4 is 45.9 Å². The van der Waals surface area contributed by atoms with E-state index in [0.717, 1.165) is 100 Å². The smallest absolute Gasteiger partial charge is 0.657 e. The zero-order valence-corrected chi connectivity index (χ0v) is 45.1. The molecule has 73 heavy (non-hydrogen) atoms. The van der Waals surface area contributed by atoms with E-state index in [1.165, 1.54) is 16.7 Å². The van der Waals surface area contributed by atoms with Crippen molar-refractivity contribution in [2.45, 2.75) is 110 Å². The molecule has 3 aromatic heterocycles. The van der Waals surface area contributed by atoms with E-state index < -0.39 is 5.60 Å². The molecule has 8 bridgehead atoms. The Balaban J connectivity index is 0.00000611. The molecule has 0 radical (unpaired) electrons. The van der Waals surface area contributed by atoms with E-state index in [4.69, 9.17) is 19.9 Å². The van der Waals surface area contributed by atoms with Gasteiger partial charge in [-0.05, 0) is 112 Å². The van der Waals surface area contributed by atoms with Crippen molar-refractivity contribution < 1.29 is 21.6 Å². The Hall–Kier alpha value is -6.85. The fourth-order valence-corrected chi connectivity index (χ4v) is 10.7. The maximum absolute atomic E-state index is 13.9. The molecule has 5 heterocycles. The molecule has 1 unspecified atom stereocenters. The van der Waals surface area contributed by atoms with Crippen molar-refractivity contribution in [2.24, 2.45) is 0 Å². The summed E-state index contributed by atoms with van der Waals surface area (Å²) < 4.78 is 0. The Morgan fingerprint density at radius 1 is 0.411 bits per heavy atom. The van der Waals surface area contributed by atoms with Gasteiger partial charge in [0.1, 0.15) is 5.60 Å². The molecule has 0 spiro atoms. The molecule has 5 nitrogen and oxygen atoms in total. The van der Waals surface area contributed by atoms with Gasteiger partial charge in [0.25, 0.3) is 0 Å². The maximum Gasteiger partial charge on any atom is 2.00 e. The fraction of sp³-hybridized carbons (Fsp3) is 0.254. The zero-order chi connectivity index (χ0) is 50.7. The molecule has 0 saturated heterocycles. The van der Waals surface area contributed by atoms with Gasteiger partial charge in [0.2, 0.25) is 0 Å². The van der Waals surface area contributed by atoms with Crippen molar-refractivity contribution in [3.8, 4) is 44.5 Å². The molecule has 11 rings (SSSR count). The second-order valence-corrected chi connectivity index (χ2v) is 24.1. The van der Waals surface area contributed by atoms with Crippen molar-refractivity contribution in [2.75, 3.05) is 0 Å². The van der Waals surface area contributed by atoms with E-state index in [1.807, 2.05) is 30.3 Å². The van der Waals surface area contributed by atoms with Crippen LogP contribution in [0.15, 0.2) is 146 Å². The summed E-state index contributed by atoms with van der Waals surface area (Å²) in [6.07, 6.45) is 6.39. The average Bonchev–Trinajstić information content (AvgIpc) is 4.19. The molecular weight excluding hydrogens is 935 g/mol. The first-order valence-corrected chi connectivity index (χ1v) is 25.4. The summed E-state index contributed by atoms with van der Waals surface area (Å²) in [6.45, 7) is 26.9. The Kier molecular flexibility index (Phi) is 12.0. The molecular formula is C67H64N4NiO. The Labute approximate surface area is 441 Å². The molecule has 6 heteroatoms. The minimum absolute atomic E-state index is 0. The minimum Gasteiger partial charge on any atom is -0.657 e. The van der Waals surface area contributed by atoms with Crippen molar-refractivity contribution in [1.82, 2.24) is 19.9 Å². The van der Waals surface area contributed by atoms with Crippen LogP contribution in [0, 0.1) is 0 Å². The van der Waals surface area contributed by atoms with Crippen LogP contribution in [0.5, 0.6) is 0 Å². The third kappa shape index (κ3) is 8.67. The minimum atomic E-state index is -1.56. The first-order chi connectivity index (χ1) is 34.1. The average molecular weight is 1000 g/mol. The number of rotatable bonds is 4. The van der Waals surface area contributed by atoms with Crippen LogP contribution in [0.3, 0.4) is 0 Å². The number of hydrogen-bond donors (Lipinski definition) is 1. The second kappa shape index (κ2) is 17.7. The number of aliphatic hydroxyl groups is 1. The Morgan fingerprint density at radius 3 is 1.21 bits per heavy atom. The molecule has 5 aromatic carbocycles. The largest absolute Gasteiger partial charge is 2.00 e. The van der Waals surface area contributed by atoms with Gasteiger partial charge in [-0.3, -0.25) is 0 Å². The van der Waals surface area contributed by atoms with E-state index >= 15 is 0 Å². The molecule has 8 aromatic rings. The van der Waals surface area contributed by atoms with Crippen LogP contribution in [0.2, 0.25) is 0 Å². The number of hydrogen-bond acceptors (Lipinski definition) is 3. The third-order valence-electron chi connectivity index (χ3n) is 15.0. The van der Waals surface area contributed by atoms with Gasteiger partial charge in [0.15, 0.2) is 0 Å². The van der Waals surface area contributed by atoms with Gasteiger partial charge in [0.05, 0.1) is 22.8 Å². The van der Waals surface area contributed by atoms with E-state index in [0.29, 0.717) is 11.3 Å². The van der Waals surface area contributed by atoms with Crippen LogP contribution < -0.4 is 9.97 Å². The fourth-order valence-electron chi connectivity index (χ4n) is 10.7. The van der Waals surface area contributed by atoms with Gasteiger partial charge in [-0.1, -0.05) is 229 Å². The molecule has 2 aliphatic heterocycles. The SMILES string of the molecule is CC(C)(C)c1ccc(-c2c3nc(c(-c4ccc(C(C)(C)C)cc4)c4ccc([n-]4)c4c5nc(c(-c6ccc(C(C)(C)C)cc6)c6ccc2[n-]6)C=C5C(O)(c2ccccc2)c2cc(C(C)(C)C)ccc2-4)C=C3)cc1.[Ni+2]. The third-order valence-corrected chi connectivity index (χ3v) is 15.0. The predicted octanol–water partition coefficient (Wildman–Crippen LogP) is 16.4. The van der Waals surface area contributed by atoms with Gasteiger partial charge < -0.3 is 15.1 Å². The molecule has 368 valence electrons. The van der Waals surface area contributed by atoms with Crippen LogP contribution in [0.25, 0.3) is 90.4 Å². The first kappa shape index (κ1) is 49.7. The van der Waals surface area contributed by atoms with Crippen LogP contribution in [-0.2, 0) is 43.8 Å². The van der Waals surface area contributed by atoms with Gasteiger partial charge in [-0.15, -0.1) is 22.1 Å². The summed E-state index contributed by atoms with van der Waals surface area (Å²) in [6, 6.07) is 51.8. The second-order valence-electron chi connectivity index (χ2n) is 24.1.